The third-order valence-corrected chi connectivity index (χ3v) is 5.72. The highest BCUT2D eigenvalue weighted by molar-refractivity contribution is 5.41. The van der Waals surface area contributed by atoms with Crippen LogP contribution in [-0.2, 0) is 0 Å². The first-order chi connectivity index (χ1) is 12.7. The number of aliphatic hydroxyl groups excluding tert-OH is 1. The molecule has 0 unspecified atom stereocenters. The molecule has 0 aliphatic carbocycles. The summed E-state index contributed by atoms with van der Waals surface area (Å²) in [6, 6.07) is 2.54. The minimum atomic E-state index is 0.276. The molecule has 1 aromatic rings. The molecule has 146 valence electrons. The van der Waals surface area contributed by atoms with E-state index in [1.165, 1.54) is 0 Å². The average molecular weight is 363 g/mol. The molecule has 2 N–H and O–H groups in total. The number of piperazine rings is 1. The van der Waals surface area contributed by atoms with Crippen molar-refractivity contribution < 1.29 is 5.11 Å². The van der Waals surface area contributed by atoms with Gasteiger partial charge in [-0.15, -0.1) is 0 Å². The van der Waals surface area contributed by atoms with Gasteiger partial charge in [-0.1, -0.05) is 0 Å². The summed E-state index contributed by atoms with van der Waals surface area (Å²) in [6.45, 7) is 9.82. The van der Waals surface area contributed by atoms with Gasteiger partial charge in [0.25, 0.3) is 0 Å². The number of piperidine rings is 1. The molecule has 0 saturated carbocycles. The van der Waals surface area contributed by atoms with Gasteiger partial charge in [0.2, 0.25) is 5.95 Å². The Hall–Kier alpha value is -1.44. The Kier molecular flexibility index (Phi) is 7.05. The maximum atomic E-state index is 9.34. The lowest BCUT2D eigenvalue weighted by atomic mass is 9.87. The first-order valence-electron chi connectivity index (χ1n) is 10.1. The van der Waals surface area contributed by atoms with Gasteiger partial charge in [0.15, 0.2) is 0 Å². The number of hydrogen-bond donors (Lipinski definition) is 2. The van der Waals surface area contributed by atoms with Gasteiger partial charge in [-0.2, -0.15) is 4.98 Å². The zero-order valence-corrected chi connectivity index (χ0v) is 16.3. The second kappa shape index (κ2) is 9.48. The van der Waals surface area contributed by atoms with Crippen molar-refractivity contribution >= 4 is 11.8 Å². The molecule has 0 amide bonds. The summed E-state index contributed by atoms with van der Waals surface area (Å²) in [5.41, 5.74) is 0. The molecule has 2 fully saturated rings. The van der Waals surface area contributed by atoms with Gasteiger partial charge in [-0.3, -0.25) is 4.90 Å². The summed E-state index contributed by atoms with van der Waals surface area (Å²) in [5, 5.41) is 12.6. The lowest BCUT2D eigenvalue weighted by molar-refractivity contribution is 0.0636. The topological polar surface area (TPSA) is 67.8 Å². The van der Waals surface area contributed by atoms with Gasteiger partial charge in [0.1, 0.15) is 5.82 Å². The summed E-state index contributed by atoms with van der Waals surface area (Å²) in [4.78, 5) is 16.6. The van der Waals surface area contributed by atoms with Gasteiger partial charge < -0.3 is 20.2 Å². The van der Waals surface area contributed by atoms with E-state index in [1.807, 2.05) is 12.3 Å². The van der Waals surface area contributed by atoms with Crippen LogP contribution in [0.2, 0.25) is 0 Å². The van der Waals surface area contributed by atoms with E-state index in [0.717, 1.165) is 76.8 Å². The fraction of sp³-hybridized carbons (Fsp3) is 0.789. The SMILES string of the molecule is CCNc1ccnc(N2CC[C@@H](N3CCN(C)CC3)[C@@H](CCCO)C2)n1. The monoisotopic (exact) mass is 362 g/mol. The quantitative estimate of drug-likeness (QED) is 0.753. The molecule has 0 radical (unpaired) electrons. The van der Waals surface area contributed by atoms with E-state index < -0.39 is 0 Å². The normalized spacial score (nSPS) is 25.4. The Bertz CT molecular complexity index is 549. The van der Waals surface area contributed by atoms with Crippen molar-refractivity contribution in [2.45, 2.75) is 32.2 Å². The van der Waals surface area contributed by atoms with Crippen LogP contribution in [0.25, 0.3) is 0 Å². The minimum Gasteiger partial charge on any atom is -0.396 e. The van der Waals surface area contributed by atoms with E-state index in [0.29, 0.717) is 12.0 Å². The largest absolute Gasteiger partial charge is 0.396 e. The molecule has 26 heavy (non-hydrogen) atoms. The van der Waals surface area contributed by atoms with Crippen molar-refractivity contribution in [3.8, 4) is 0 Å². The molecule has 2 saturated heterocycles. The van der Waals surface area contributed by atoms with Crippen LogP contribution >= 0.6 is 0 Å². The van der Waals surface area contributed by atoms with Gasteiger partial charge in [0.05, 0.1) is 0 Å². The summed E-state index contributed by atoms with van der Waals surface area (Å²) in [7, 11) is 2.21. The molecular formula is C19H34N6O. The highest BCUT2D eigenvalue weighted by Crippen LogP contribution is 2.29. The number of aromatic nitrogens is 2. The molecule has 2 aliphatic rings. The molecule has 2 aliphatic heterocycles. The van der Waals surface area contributed by atoms with E-state index in [9.17, 15) is 5.11 Å². The molecule has 7 heteroatoms. The van der Waals surface area contributed by atoms with Gasteiger partial charge in [0, 0.05) is 64.7 Å². The van der Waals surface area contributed by atoms with E-state index in [4.69, 9.17) is 0 Å². The maximum Gasteiger partial charge on any atom is 0.227 e. The van der Waals surface area contributed by atoms with Gasteiger partial charge >= 0.3 is 0 Å². The van der Waals surface area contributed by atoms with Crippen LogP contribution in [0.15, 0.2) is 12.3 Å². The Labute approximate surface area is 157 Å². The number of nitrogens with zero attached hydrogens (tertiary/aromatic N) is 5. The van der Waals surface area contributed by atoms with E-state index >= 15 is 0 Å². The van der Waals surface area contributed by atoms with E-state index in [2.05, 4.69) is 44.0 Å². The number of aliphatic hydroxyl groups is 1. The second-order valence-electron chi connectivity index (χ2n) is 7.54. The second-order valence-corrected chi connectivity index (χ2v) is 7.54. The van der Waals surface area contributed by atoms with Crippen molar-refractivity contribution in [1.29, 1.82) is 0 Å². The number of rotatable bonds is 7. The molecule has 0 spiro atoms. The summed E-state index contributed by atoms with van der Waals surface area (Å²) in [5.74, 6) is 2.28. The van der Waals surface area contributed by atoms with Crippen molar-refractivity contribution in [3.05, 3.63) is 12.3 Å². The smallest absolute Gasteiger partial charge is 0.227 e. The first kappa shape index (κ1) is 19.3. The van der Waals surface area contributed by atoms with Crippen LogP contribution < -0.4 is 10.2 Å². The van der Waals surface area contributed by atoms with Crippen molar-refractivity contribution in [3.63, 3.8) is 0 Å². The van der Waals surface area contributed by atoms with Gasteiger partial charge in [-0.25, -0.2) is 4.98 Å². The Balaban J connectivity index is 1.68. The molecule has 0 aromatic carbocycles. The molecule has 3 heterocycles. The molecule has 7 nitrogen and oxygen atoms in total. The predicted molar refractivity (Wildman–Crippen MR) is 106 cm³/mol. The maximum absolute atomic E-state index is 9.34. The van der Waals surface area contributed by atoms with Crippen LogP contribution in [0.4, 0.5) is 11.8 Å². The van der Waals surface area contributed by atoms with Crippen LogP contribution in [0, 0.1) is 5.92 Å². The molecule has 2 atom stereocenters. The zero-order valence-electron chi connectivity index (χ0n) is 16.3. The fourth-order valence-electron chi connectivity index (χ4n) is 4.25. The summed E-state index contributed by atoms with van der Waals surface area (Å²) in [6.07, 6.45) is 4.93. The lowest BCUT2D eigenvalue weighted by Crippen LogP contribution is -2.56. The molecule has 1 aromatic heterocycles. The van der Waals surface area contributed by atoms with Crippen molar-refractivity contribution in [2.75, 3.05) is 69.7 Å². The summed E-state index contributed by atoms with van der Waals surface area (Å²) >= 11 is 0. The Morgan fingerprint density at radius 3 is 2.77 bits per heavy atom. The predicted octanol–water partition coefficient (Wildman–Crippen LogP) is 1.12. The lowest BCUT2D eigenvalue weighted by Gasteiger charge is -2.46. The van der Waals surface area contributed by atoms with Crippen LogP contribution in [0.5, 0.6) is 0 Å². The third-order valence-electron chi connectivity index (χ3n) is 5.72. The molecular weight excluding hydrogens is 328 g/mol. The minimum absolute atomic E-state index is 0.276. The van der Waals surface area contributed by atoms with E-state index in [-0.39, 0.29) is 6.61 Å². The van der Waals surface area contributed by atoms with Crippen LogP contribution in [0.3, 0.4) is 0 Å². The average Bonchev–Trinajstić information content (AvgIpc) is 2.67. The standard InChI is InChI=1S/C19H34N6O/c1-3-20-18-6-8-21-19(22-18)25-9-7-17(16(15-25)5-4-14-26)24-12-10-23(2)11-13-24/h6,8,16-17,26H,3-5,7,9-15H2,1-2H3,(H,20,21,22)/t16-,17+/m0/s1. The Morgan fingerprint density at radius 1 is 1.23 bits per heavy atom. The van der Waals surface area contributed by atoms with Gasteiger partial charge in [-0.05, 0) is 45.2 Å². The molecule has 3 rings (SSSR count). The van der Waals surface area contributed by atoms with Crippen molar-refractivity contribution in [2.24, 2.45) is 5.92 Å². The number of anilines is 2. The molecule has 0 bridgehead atoms. The zero-order chi connectivity index (χ0) is 18.4. The number of hydrogen-bond acceptors (Lipinski definition) is 7. The third kappa shape index (κ3) is 4.84. The Morgan fingerprint density at radius 2 is 2.04 bits per heavy atom. The van der Waals surface area contributed by atoms with E-state index in [1.54, 1.807) is 0 Å². The number of likely N-dealkylation sites (N-methyl/N-ethyl adjacent to an activating group) is 1. The summed E-state index contributed by atoms with van der Waals surface area (Å²) < 4.78 is 0. The highest BCUT2D eigenvalue weighted by atomic mass is 16.2. The highest BCUT2D eigenvalue weighted by Gasteiger charge is 2.34. The fourth-order valence-corrected chi connectivity index (χ4v) is 4.25. The number of nitrogens with one attached hydrogen (secondary N) is 1. The van der Waals surface area contributed by atoms with Crippen molar-refractivity contribution in [1.82, 2.24) is 19.8 Å². The van der Waals surface area contributed by atoms with Crippen LogP contribution in [-0.4, -0.2) is 90.4 Å². The first-order valence-corrected chi connectivity index (χ1v) is 10.1. The van der Waals surface area contributed by atoms with Crippen LogP contribution in [0.1, 0.15) is 26.2 Å².